The van der Waals surface area contributed by atoms with Crippen LogP contribution in [-0.4, -0.2) is 26.8 Å². The number of para-hydroxylation sites is 1. The lowest BCUT2D eigenvalue weighted by atomic mass is 10.1. The summed E-state index contributed by atoms with van der Waals surface area (Å²) in [5.41, 5.74) is 0.504. The molecule has 1 saturated heterocycles. The van der Waals surface area contributed by atoms with Gasteiger partial charge in [0.15, 0.2) is 0 Å². The highest BCUT2D eigenvalue weighted by Gasteiger charge is 2.22. The zero-order valence-corrected chi connectivity index (χ0v) is 15.5. The lowest BCUT2D eigenvalue weighted by molar-refractivity contribution is 0.578. The molecule has 140 valence electrons. The Balaban J connectivity index is 2.19. The Morgan fingerprint density at radius 3 is 2.19 bits per heavy atom. The number of nitrogens with zero attached hydrogens (tertiary/aromatic N) is 4. The first-order chi connectivity index (χ1) is 13.0. The molecule has 3 heterocycles. The summed E-state index contributed by atoms with van der Waals surface area (Å²) in [6.45, 7) is 1.60. The van der Waals surface area contributed by atoms with Gasteiger partial charge in [0.05, 0.1) is 11.4 Å². The van der Waals surface area contributed by atoms with E-state index >= 15 is 0 Å². The summed E-state index contributed by atoms with van der Waals surface area (Å²) >= 11 is 0. The van der Waals surface area contributed by atoms with Crippen molar-refractivity contribution in [3.63, 3.8) is 0 Å². The van der Waals surface area contributed by atoms with Crippen LogP contribution in [0.15, 0.2) is 50.8 Å². The first kappa shape index (κ1) is 17.3. The summed E-state index contributed by atoms with van der Waals surface area (Å²) in [4.78, 5) is 40.8. The van der Waals surface area contributed by atoms with Crippen molar-refractivity contribution >= 4 is 16.7 Å². The van der Waals surface area contributed by atoms with Gasteiger partial charge in [0.2, 0.25) is 0 Å². The topological polar surface area (TPSA) is 69.2 Å². The van der Waals surface area contributed by atoms with Crippen molar-refractivity contribution in [2.45, 2.75) is 19.3 Å². The first-order valence-corrected chi connectivity index (χ1v) is 9.17. The van der Waals surface area contributed by atoms with Crippen LogP contribution in [0.5, 0.6) is 0 Å². The number of aryl methyl sites for hydroxylation is 1. The van der Waals surface area contributed by atoms with Crippen molar-refractivity contribution in [1.29, 1.82) is 0 Å². The quantitative estimate of drug-likeness (QED) is 0.687. The molecule has 1 aliphatic heterocycles. The molecule has 27 heavy (non-hydrogen) atoms. The Kier molecular flexibility index (Phi) is 4.22. The van der Waals surface area contributed by atoms with Crippen molar-refractivity contribution in [3.8, 4) is 5.69 Å². The second kappa shape index (κ2) is 6.57. The van der Waals surface area contributed by atoms with Gasteiger partial charge in [-0.1, -0.05) is 18.2 Å². The molecule has 0 N–H and O–H groups in total. The number of aromatic nitrogens is 3. The summed E-state index contributed by atoms with van der Waals surface area (Å²) in [5, 5.41) is 0.407. The van der Waals surface area contributed by atoms with E-state index in [9.17, 15) is 14.4 Å². The number of fused-ring (bicyclic) bond motifs is 1. The fourth-order valence-corrected chi connectivity index (χ4v) is 3.89. The smallest absolute Gasteiger partial charge is 0.332 e. The second-order valence-corrected chi connectivity index (χ2v) is 6.99. The van der Waals surface area contributed by atoms with Crippen LogP contribution in [0.2, 0.25) is 0 Å². The molecule has 0 atom stereocenters. The number of hydrogen-bond donors (Lipinski definition) is 0. The SMILES string of the molecule is Cn1c(=O)c2c(N3CCCCC3)cc(=O)n(-c3ccccc3)c2n(C)c1=O. The van der Waals surface area contributed by atoms with E-state index in [0.717, 1.165) is 36.9 Å². The van der Waals surface area contributed by atoms with E-state index < -0.39 is 5.69 Å². The molecule has 7 heteroatoms. The third-order valence-electron chi connectivity index (χ3n) is 5.29. The van der Waals surface area contributed by atoms with E-state index in [4.69, 9.17) is 0 Å². The molecular weight excluding hydrogens is 344 g/mol. The molecular formula is C20H22N4O3. The van der Waals surface area contributed by atoms with Crippen LogP contribution in [-0.2, 0) is 14.1 Å². The highest BCUT2D eigenvalue weighted by molar-refractivity contribution is 5.90. The maximum Gasteiger partial charge on any atom is 0.332 e. The van der Waals surface area contributed by atoms with Crippen LogP contribution in [0.4, 0.5) is 5.69 Å². The van der Waals surface area contributed by atoms with Gasteiger partial charge in [-0.2, -0.15) is 0 Å². The number of pyridine rings is 1. The van der Waals surface area contributed by atoms with E-state index in [1.165, 1.54) is 22.2 Å². The molecule has 3 aromatic rings. The fraction of sp³-hybridized carbons (Fsp3) is 0.350. The van der Waals surface area contributed by atoms with Crippen LogP contribution in [0.1, 0.15) is 19.3 Å². The van der Waals surface area contributed by atoms with Crippen LogP contribution in [0.3, 0.4) is 0 Å². The maximum absolute atomic E-state index is 13.1. The minimum Gasteiger partial charge on any atom is -0.371 e. The lowest BCUT2D eigenvalue weighted by Crippen LogP contribution is -2.41. The van der Waals surface area contributed by atoms with Gasteiger partial charge >= 0.3 is 5.69 Å². The Morgan fingerprint density at radius 1 is 0.852 bits per heavy atom. The highest BCUT2D eigenvalue weighted by Crippen LogP contribution is 2.26. The number of rotatable bonds is 2. The molecule has 0 bridgehead atoms. The number of hydrogen-bond acceptors (Lipinski definition) is 4. The van der Waals surface area contributed by atoms with Gasteiger partial charge in [0.1, 0.15) is 11.0 Å². The van der Waals surface area contributed by atoms with Crippen molar-refractivity contribution in [1.82, 2.24) is 13.7 Å². The third-order valence-corrected chi connectivity index (χ3v) is 5.29. The van der Waals surface area contributed by atoms with Gasteiger partial charge in [-0.25, -0.2) is 4.79 Å². The van der Waals surface area contributed by atoms with E-state index in [1.54, 1.807) is 19.2 Å². The van der Waals surface area contributed by atoms with Crippen LogP contribution >= 0.6 is 0 Å². The van der Waals surface area contributed by atoms with E-state index in [0.29, 0.717) is 22.4 Å². The maximum atomic E-state index is 13.1. The second-order valence-electron chi connectivity index (χ2n) is 6.99. The molecule has 4 rings (SSSR count). The average Bonchev–Trinajstić information content (AvgIpc) is 2.71. The normalized spacial score (nSPS) is 14.7. The summed E-state index contributed by atoms with van der Waals surface area (Å²) in [7, 11) is 3.07. The fourth-order valence-electron chi connectivity index (χ4n) is 3.89. The summed E-state index contributed by atoms with van der Waals surface area (Å²) < 4.78 is 3.94. The zero-order chi connectivity index (χ0) is 19.1. The summed E-state index contributed by atoms with van der Waals surface area (Å²) in [6, 6.07) is 10.6. The minimum absolute atomic E-state index is 0.252. The molecule has 0 saturated carbocycles. The molecule has 1 aliphatic rings. The molecule has 0 unspecified atom stereocenters. The number of piperidine rings is 1. The van der Waals surface area contributed by atoms with Gasteiger partial charge in [0, 0.05) is 33.3 Å². The number of anilines is 1. The largest absolute Gasteiger partial charge is 0.371 e. The Morgan fingerprint density at radius 2 is 1.52 bits per heavy atom. The molecule has 0 amide bonds. The molecule has 0 aliphatic carbocycles. The predicted molar refractivity (Wildman–Crippen MR) is 106 cm³/mol. The van der Waals surface area contributed by atoms with Gasteiger partial charge in [-0.05, 0) is 31.4 Å². The standard InChI is InChI=1S/C20H22N4O3/c1-21-18-17(19(26)22(2)20(21)27)15(23-11-7-4-8-12-23)13-16(25)24(18)14-9-5-3-6-10-14/h3,5-6,9-10,13H,4,7-8,11-12H2,1-2H3. The van der Waals surface area contributed by atoms with Crippen molar-refractivity contribution in [3.05, 3.63) is 67.6 Å². The summed E-state index contributed by atoms with van der Waals surface area (Å²) in [6.07, 6.45) is 3.19. The highest BCUT2D eigenvalue weighted by atomic mass is 16.2. The molecule has 2 aromatic heterocycles. The number of benzene rings is 1. The average molecular weight is 366 g/mol. The van der Waals surface area contributed by atoms with E-state index in [-0.39, 0.29) is 11.1 Å². The monoisotopic (exact) mass is 366 g/mol. The predicted octanol–water partition coefficient (Wildman–Crippen LogP) is 1.38. The molecule has 0 spiro atoms. The lowest BCUT2D eigenvalue weighted by Gasteiger charge is -2.30. The van der Waals surface area contributed by atoms with Gasteiger partial charge < -0.3 is 4.90 Å². The van der Waals surface area contributed by atoms with Crippen LogP contribution in [0.25, 0.3) is 16.7 Å². The Labute approximate surface area is 155 Å². The molecule has 1 aromatic carbocycles. The van der Waals surface area contributed by atoms with Gasteiger partial charge in [-0.3, -0.25) is 23.3 Å². The molecule has 0 radical (unpaired) electrons. The first-order valence-electron chi connectivity index (χ1n) is 9.17. The summed E-state index contributed by atoms with van der Waals surface area (Å²) in [5.74, 6) is 0. The Bertz CT molecular complexity index is 1180. The van der Waals surface area contributed by atoms with E-state index in [1.807, 2.05) is 18.2 Å². The van der Waals surface area contributed by atoms with Crippen molar-refractivity contribution in [2.24, 2.45) is 14.1 Å². The van der Waals surface area contributed by atoms with Crippen LogP contribution in [0, 0.1) is 0 Å². The van der Waals surface area contributed by atoms with Crippen molar-refractivity contribution in [2.75, 3.05) is 18.0 Å². The van der Waals surface area contributed by atoms with Gasteiger partial charge in [0.25, 0.3) is 11.1 Å². The minimum atomic E-state index is -0.452. The zero-order valence-electron chi connectivity index (χ0n) is 15.5. The Hall–Kier alpha value is -3.09. The van der Waals surface area contributed by atoms with Crippen LogP contribution < -0.4 is 21.7 Å². The van der Waals surface area contributed by atoms with Crippen molar-refractivity contribution < 1.29 is 0 Å². The molecule has 1 fully saturated rings. The van der Waals surface area contributed by atoms with Gasteiger partial charge in [-0.15, -0.1) is 0 Å². The third kappa shape index (κ3) is 2.70. The molecule has 7 nitrogen and oxygen atoms in total. The van der Waals surface area contributed by atoms with E-state index in [2.05, 4.69) is 4.90 Å².